The average molecular weight is 320 g/mol. The first kappa shape index (κ1) is 18.1. The summed E-state index contributed by atoms with van der Waals surface area (Å²) in [5.41, 5.74) is 0. The fraction of sp³-hybridized carbons (Fsp3) is 0.917. The molecule has 0 aromatic heterocycles. The van der Waals surface area contributed by atoms with Crippen molar-refractivity contribution in [2.75, 3.05) is 19.6 Å². The van der Waals surface area contributed by atoms with E-state index in [0.717, 1.165) is 4.90 Å². The van der Waals surface area contributed by atoms with Gasteiger partial charge in [-0.25, -0.2) is 0 Å². The van der Waals surface area contributed by atoms with Gasteiger partial charge in [-0.05, 0) is 32.4 Å². The first-order chi connectivity index (χ1) is 9.59. The highest BCUT2D eigenvalue weighted by Crippen LogP contribution is 2.41. The van der Waals surface area contributed by atoms with Crippen LogP contribution in [0.3, 0.4) is 0 Å². The highest BCUT2D eigenvalue weighted by atomic mass is 19.4. The van der Waals surface area contributed by atoms with Crippen molar-refractivity contribution in [2.45, 2.75) is 44.6 Å². The third-order valence-corrected chi connectivity index (χ3v) is 3.40. The molecule has 0 spiro atoms. The molecule has 0 atom stereocenters. The lowest BCUT2D eigenvalue weighted by molar-refractivity contribution is -0.278. The molecule has 0 bridgehead atoms. The highest BCUT2D eigenvalue weighted by molar-refractivity contribution is 5.80. The third kappa shape index (κ3) is 4.76. The number of carbonyl (C=O) groups is 1. The summed E-state index contributed by atoms with van der Waals surface area (Å²) in [6.45, 7) is 2.45. The van der Waals surface area contributed by atoms with Crippen LogP contribution >= 0.6 is 0 Å². The van der Waals surface area contributed by atoms with Crippen molar-refractivity contribution in [3.63, 3.8) is 0 Å². The second kappa shape index (κ2) is 6.85. The summed E-state index contributed by atoms with van der Waals surface area (Å²) in [6.07, 6.45) is -10.2. The van der Waals surface area contributed by atoms with E-state index in [0.29, 0.717) is 32.4 Å². The molecule has 1 amide bonds. The number of nitrogens with zero attached hydrogens (tertiary/aromatic N) is 1. The number of nitrogens with one attached hydrogen (secondary N) is 1. The Morgan fingerprint density at radius 1 is 1.14 bits per heavy atom. The first-order valence-electron chi connectivity index (χ1n) is 6.73. The molecule has 1 rings (SSSR count). The second-order valence-electron chi connectivity index (χ2n) is 5.03. The molecule has 21 heavy (non-hydrogen) atoms. The molecule has 9 heteroatoms. The van der Waals surface area contributed by atoms with Gasteiger partial charge < -0.3 is 10.2 Å². The van der Waals surface area contributed by atoms with Crippen LogP contribution in [0, 0.1) is 5.92 Å². The fourth-order valence-corrected chi connectivity index (χ4v) is 2.46. The molecule has 0 aliphatic carbocycles. The van der Waals surface area contributed by atoms with Crippen molar-refractivity contribution in [1.29, 1.82) is 0 Å². The van der Waals surface area contributed by atoms with Crippen LogP contribution in [0.4, 0.5) is 26.3 Å². The molecule has 1 heterocycles. The Morgan fingerprint density at radius 3 is 2.00 bits per heavy atom. The Labute approximate surface area is 118 Å². The van der Waals surface area contributed by atoms with Gasteiger partial charge in [0.25, 0.3) is 0 Å². The summed E-state index contributed by atoms with van der Waals surface area (Å²) in [7, 11) is 0. The zero-order valence-corrected chi connectivity index (χ0v) is 11.5. The van der Waals surface area contributed by atoms with Crippen molar-refractivity contribution in [3.05, 3.63) is 0 Å². The molecule has 1 fully saturated rings. The van der Waals surface area contributed by atoms with E-state index in [1.807, 2.05) is 0 Å². The van der Waals surface area contributed by atoms with Gasteiger partial charge in [0, 0.05) is 12.6 Å². The quantitative estimate of drug-likeness (QED) is 0.808. The lowest BCUT2D eigenvalue weighted by Gasteiger charge is -2.37. The smallest absolute Gasteiger partial charge is 0.339 e. The SMILES string of the molecule is CCCN(C(=O)C(C(F)(F)F)C(F)(F)F)C1CCNCC1. The van der Waals surface area contributed by atoms with Gasteiger partial charge in [-0.3, -0.25) is 4.79 Å². The Balaban J connectivity index is 3.01. The molecule has 1 saturated heterocycles. The minimum absolute atomic E-state index is 0.105. The van der Waals surface area contributed by atoms with E-state index in [1.54, 1.807) is 6.92 Å². The lowest BCUT2D eigenvalue weighted by Crippen LogP contribution is -2.54. The third-order valence-electron chi connectivity index (χ3n) is 3.40. The maximum Gasteiger partial charge on any atom is 0.409 e. The normalized spacial score (nSPS) is 18.1. The molecule has 0 unspecified atom stereocenters. The van der Waals surface area contributed by atoms with Crippen molar-refractivity contribution in [1.82, 2.24) is 10.2 Å². The van der Waals surface area contributed by atoms with E-state index in [2.05, 4.69) is 5.32 Å². The molecule has 124 valence electrons. The predicted octanol–water partition coefficient (Wildman–Crippen LogP) is 2.72. The predicted molar refractivity (Wildman–Crippen MR) is 63.5 cm³/mol. The van der Waals surface area contributed by atoms with Crippen molar-refractivity contribution in [3.8, 4) is 0 Å². The van der Waals surface area contributed by atoms with Gasteiger partial charge in [0.15, 0.2) is 0 Å². The van der Waals surface area contributed by atoms with Crippen LogP contribution < -0.4 is 5.32 Å². The fourth-order valence-electron chi connectivity index (χ4n) is 2.46. The lowest BCUT2D eigenvalue weighted by atomic mass is 10.00. The van der Waals surface area contributed by atoms with E-state index in [1.165, 1.54) is 0 Å². The van der Waals surface area contributed by atoms with E-state index < -0.39 is 30.2 Å². The topological polar surface area (TPSA) is 32.3 Å². The Morgan fingerprint density at radius 2 is 1.62 bits per heavy atom. The molecule has 0 aromatic rings. The number of alkyl halides is 6. The molecule has 0 aromatic carbocycles. The number of hydrogen-bond donors (Lipinski definition) is 1. The van der Waals surface area contributed by atoms with E-state index in [-0.39, 0.29) is 6.54 Å². The zero-order valence-electron chi connectivity index (χ0n) is 11.5. The number of carbonyl (C=O) groups excluding carboxylic acids is 1. The Kier molecular flexibility index (Phi) is 5.89. The maximum atomic E-state index is 12.7. The largest absolute Gasteiger partial charge is 0.409 e. The molecule has 0 saturated carbocycles. The summed E-state index contributed by atoms with van der Waals surface area (Å²) in [6, 6.07) is -0.578. The van der Waals surface area contributed by atoms with Crippen molar-refractivity contribution < 1.29 is 31.1 Å². The van der Waals surface area contributed by atoms with E-state index in [9.17, 15) is 31.1 Å². The van der Waals surface area contributed by atoms with Crippen LogP contribution in [-0.2, 0) is 4.79 Å². The van der Waals surface area contributed by atoms with Gasteiger partial charge in [-0.1, -0.05) is 6.92 Å². The summed E-state index contributed by atoms with van der Waals surface area (Å²) < 4.78 is 75.9. The van der Waals surface area contributed by atoms with Gasteiger partial charge in [0.05, 0.1) is 0 Å². The van der Waals surface area contributed by atoms with Crippen molar-refractivity contribution in [2.24, 2.45) is 5.92 Å². The van der Waals surface area contributed by atoms with E-state index >= 15 is 0 Å². The van der Waals surface area contributed by atoms with Gasteiger partial charge >= 0.3 is 12.4 Å². The summed E-state index contributed by atoms with van der Waals surface area (Å²) in [5, 5.41) is 2.96. The van der Waals surface area contributed by atoms with Crippen LogP contribution in [0.15, 0.2) is 0 Å². The molecule has 1 N–H and O–H groups in total. The molecule has 0 radical (unpaired) electrons. The van der Waals surface area contributed by atoms with Gasteiger partial charge in [-0.15, -0.1) is 0 Å². The number of hydrogen-bond acceptors (Lipinski definition) is 2. The first-order valence-corrected chi connectivity index (χ1v) is 6.73. The van der Waals surface area contributed by atoms with Crippen LogP contribution in [0.5, 0.6) is 0 Å². The molecule has 1 aliphatic rings. The second-order valence-corrected chi connectivity index (χ2v) is 5.03. The van der Waals surface area contributed by atoms with Gasteiger partial charge in [-0.2, -0.15) is 26.3 Å². The number of rotatable bonds is 4. The van der Waals surface area contributed by atoms with Gasteiger partial charge in [0.1, 0.15) is 0 Å². The number of halogens is 6. The number of amides is 1. The summed E-state index contributed by atoms with van der Waals surface area (Å²) in [5.74, 6) is -5.82. The van der Waals surface area contributed by atoms with Crippen molar-refractivity contribution >= 4 is 5.91 Å². The van der Waals surface area contributed by atoms with Crippen LogP contribution in [-0.4, -0.2) is 48.8 Å². The average Bonchev–Trinajstić information content (AvgIpc) is 2.33. The highest BCUT2D eigenvalue weighted by Gasteiger charge is 2.62. The van der Waals surface area contributed by atoms with Crippen LogP contribution in [0.2, 0.25) is 0 Å². The Bertz CT molecular complexity index is 335. The monoisotopic (exact) mass is 320 g/mol. The Hall–Kier alpha value is -0.990. The van der Waals surface area contributed by atoms with E-state index in [4.69, 9.17) is 0 Å². The minimum Gasteiger partial charge on any atom is -0.339 e. The molecule has 1 aliphatic heterocycles. The molecule has 3 nitrogen and oxygen atoms in total. The maximum absolute atomic E-state index is 12.7. The molecular formula is C12H18F6N2O. The number of piperidine rings is 1. The minimum atomic E-state index is -5.63. The van der Waals surface area contributed by atoms with Crippen LogP contribution in [0.25, 0.3) is 0 Å². The zero-order chi connectivity index (χ0) is 16.3. The standard InChI is InChI=1S/C12H18F6N2O/c1-2-7-20(8-3-5-19-6-4-8)10(21)9(11(13,14)15)12(16,17)18/h8-9,19H,2-7H2,1H3. The van der Waals surface area contributed by atoms with Crippen LogP contribution in [0.1, 0.15) is 26.2 Å². The van der Waals surface area contributed by atoms with Gasteiger partial charge in [0.2, 0.25) is 11.8 Å². The summed E-state index contributed by atoms with van der Waals surface area (Å²) >= 11 is 0. The summed E-state index contributed by atoms with van der Waals surface area (Å²) in [4.78, 5) is 12.6. The molecular weight excluding hydrogens is 302 g/mol.